The Labute approximate surface area is 150 Å². The fraction of sp³-hybridized carbons (Fsp3) is 0.529. The van der Waals surface area contributed by atoms with Crippen molar-refractivity contribution >= 4 is 17.7 Å². The molecule has 2 N–H and O–H groups in total. The molecule has 2 fully saturated rings. The van der Waals surface area contributed by atoms with E-state index in [1.807, 2.05) is 0 Å². The summed E-state index contributed by atoms with van der Waals surface area (Å²) in [4.78, 5) is 23.7. The Balaban J connectivity index is 1.50. The van der Waals surface area contributed by atoms with E-state index in [0.717, 1.165) is 0 Å². The molecule has 0 aliphatic carbocycles. The van der Waals surface area contributed by atoms with Crippen molar-refractivity contribution in [2.45, 2.75) is 24.4 Å². The molecule has 26 heavy (non-hydrogen) atoms. The van der Waals surface area contributed by atoms with Gasteiger partial charge in [-0.3, -0.25) is 10.1 Å². The Hall–Kier alpha value is -2.36. The molecule has 2 aliphatic rings. The first-order valence-corrected chi connectivity index (χ1v) is 8.24. The maximum absolute atomic E-state index is 12.1. The molecule has 0 spiro atoms. The number of hydrogen-bond acceptors (Lipinski definition) is 7. The Morgan fingerprint density at radius 1 is 1.12 bits per heavy atom. The third kappa shape index (κ3) is 4.24. The monoisotopic (exact) mass is 366 g/mol. The predicted molar refractivity (Wildman–Crippen MR) is 90.2 cm³/mol. The summed E-state index contributed by atoms with van der Waals surface area (Å²) in [7, 11) is 3.02. The van der Waals surface area contributed by atoms with Gasteiger partial charge >= 0.3 is 6.09 Å². The van der Waals surface area contributed by atoms with Crippen LogP contribution < -0.4 is 15.4 Å². The highest BCUT2D eigenvalue weighted by Crippen LogP contribution is 2.29. The van der Waals surface area contributed by atoms with E-state index in [1.54, 1.807) is 31.4 Å². The van der Waals surface area contributed by atoms with Crippen molar-refractivity contribution in [1.29, 1.82) is 0 Å². The average molecular weight is 366 g/mol. The molecule has 4 unspecified atom stereocenters. The molecular weight excluding hydrogens is 344 g/mol. The van der Waals surface area contributed by atoms with Crippen LogP contribution in [0.4, 0.5) is 10.5 Å². The maximum atomic E-state index is 12.1. The van der Waals surface area contributed by atoms with E-state index in [4.69, 9.17) is 23.7 Å². The minimum absolute atomic E-state index is 0.0297. The Morgan fingerprint density at radius 2 is 1.85 bits per heavy atom. The molecule has 2 amide bonds. The number of anilines is 1. The highest BCUT2D eigenvalue weighted by atomic mass is 16.6. The van der Waals surface area contributed by atoms with Crippen LogP contribution >= 0.6 is 0 Å². The summed E-state index contributed by atoms with van der Waals surface area (Å²) in [5.41, 5.74) is 0.586. The number of fused-ring (bicyclic) bond motifs is 1. The molecule has 9 heteroatoms. The van der Waals surface area contributed by atoms with Crippen molar-refractivity contribution in [1.82, 2.24) is 5.32 Å². The second-order valence-corrected chi connectivity index (χ2v) is 6.00. The van der Waals surface area contributed by atoms with Gasteiger partial charge in [0.05, 0.1) is 26.4 Å². The van der Waals surface area contributed by atoms with Crippen LogP contribution in [0.2, 0.25) is 0 Å². The SMILES string of the molecule is COCC(=O)NC1COC2C(OC(=O)Nc3ccc(OC)cc3)COC12. The van der Waals surface area contributed by atoms with Crippen LogP contribution in [0.25, 0.3) is 0 Å². The van der Waals surface area contributed by atoms with Gasteiger partial charge in [0.1, 0.15) is 24.6 Å². The van der Waals surface area contributed by atoms with Gasteiger partial charge in [0.25, 0.3) is 0 Å². The molecule has 2 heterocycles. The first kappa shape index (κ1) is 18.4. The minimum atomic E-state index is -0.597. The number of carbonyl (C=O) groups excluding carboxylic acids is 2. The molecule has 1 aromatic rings. The fourth-order valence-electron chi connectivity index (χ4n) is 3.03. The van der Waals surface area contributed by atoms with E-state index in [1.165, 1.54) is 7.11 Å². The second kappa shape index (κ2) is 8.35. The first-order chi connectivity index (χ1) is 12.6. The van der Waals surface area contributed by atoms with E-state index in [2.05, 4.69) is 10.6 Å². The van der Waals surface area contributed by atoms with E-state index in [0.29, 0.717) is 18.0 Å². The molecule has 9 nitrogen and oxygen atoms in total. The third-order valence-electron chi connectivity index (χ3n) is 4.22. The van der Waals surface area contributed by atoms with Gasteiger partial charge in [0.2, 0.25) is 5.91 Å². The zero-order chi connectivity index (χ0) is 18.5. The summed E-state index contributed by atoms with van der Waals surface area (Å²) in [6, 6.07) is 6.60. The summed E-state index contributed by atoms with van der Waals surface area (Å²) >= 11 is 0. The van der Waals surface area contributed by atoms with Crippen LogP contribution in [0.15, 0.2) is 24.3 Å². The molecule has 142 valence electrons. The maximum Gasteiger partial charge on any atom is 0.412 e. The van der Waals surface area contributed by atoms with Gasteiger partial charge in [-0.25, -0.2) is 4.79 Å². The Kier molecular flexibility index (Phi) is 5.92. The van der Waals surface area contributed by atoms with Crippen molar-refractivity contribution in [3.63, 3.8) is 0 Å². The standard InChI is InChI=1S/C17H22N2O7/c1-22-9-14(20)19-12-7-24-16-13(8-25-15(12)16)26-17(21)18-10-3-5-11(23-2)6-4-10/h3-6,12-13,15-16H,7-9H2,1-2H3,(H,18,21)(H,19,20). The highest BCUT2D eigenvalue weighted by molar-refractivity contribution is 5.84. The van der Waals surface area contributed by atoms with E-state index < -0.39 is 18.3 Å². The van der Waals surface area contributed by atoms with E-state index in [9.17, 15) is 9.59 Å². The topological polar surface area (TPSA) is 104 Å². The van der Waals surface area contributed by atoms with Crippen LogP contribution in [-0.2, 0) is 23.7 Å². The number of rotatable bonds is 6. The van der Waals surface area contributed by atoms with Crippen molar-refractivity contribution < 1.29 is 33.3 Å². The van der Waals surface area contributed by atoms with Crippen molar-refractivity contribution in [2.75, 3.05) is 39.4 Å². The molecule has 0 bridgehead atoms. The Morgan fingerprint density at radius 3 is 2.54 bits per heavy atom. The molecule has 3 rings (SSSR count). The lowest BCUT2D eigenvalue weighted by atomic mass is 10.1. The number of carbonyl (C=O) groups is 2. The van der Waals surface area contributed by atoms with Gasteiger partial charge in [-0.15, -0.1) is 0 Å². The fourth-order valence-corrected chi connectivity index (χ4v) is 3.03. The van der Waals surface area contributed by atoms with Crippen LogP contribution in [0.5, 0.6) is 5.75 Å². The number of hydrogen-bond donors (Lipinski definition) is 2. The summed E-state index contributed by atoms with van der Waals surface area (Å²) in [5.74, 6) is 0.448. The van der Waals surface area contributed by atoms with Gasteiger partial charge in [-0.05, 0) is 24.3 Å². The number of benzene rings is 1. The average Bonchev–Trinajstić information content (AvgIpc) is 3.20. The largest absolute Gasteiger partial charge is 0.497 e. The molecular formula is C17H22N2O7. The van der Waals surface area contributed by atoms with Gasteiger partial charge in [0.15, 0.2) is 6.10 Å². The minimum Gasteiger partial charge on any atom is -0.497 e. The van der Waals surface area contributed by atoms with Gasteiger partial charge in [-0.2, -0.15) is 0 Å². The van der Waals surface area contributed by atoms with E-state index >= 15 is 0 Å². The molecule has 2 saturated heterocycles. The molecule has 0 saturated carbocycles. The lowest BCUT2D eigenvalue weighted by molar-refractivity contribution is -0.126. The molecule has 4 atom stereocenters. The van der Waals surface area contributed by atoms with Crippen LogP contribution in [0.3, 0.4) is 0 Å². The zero-order valence-electron chi connectivity index (χ0n) is 14.6. The van der Waals surface area contributed by atoms with Gasteiger partial charge in [-0.1, -0.05) is 0 Å². The summed E-state index contributed by atoms with van der Waals surface area (Å²) in [5, 5.41) is 5.44. The number of ether oxygens (including phenoxy) is 5. The lowest BCUT2D eigenvalue weighted by Gasteiger charge is -2.18. The normalized spacial score (nSPS) is 26.8. The smallest absolute Gasteiger partial charge is 0.412 e. The van der Waals surface area contributed by atoms with Crippen LogP contribution in [0, 0.1) is 0 Å². The summed E-state index contributed by atoms with van der Waals surface area (Å²) < 4.78 is 26.6. The van der Waals surface area contributed by atoms with Crippen molar-refractivity contribution in [3.05, 3.63) is 24.3 Å². The van der Waals surface area contributed by atoms with Crippen LogP contribution in [-0.4, -0.2) is 70.4 Å². The first-order valence-electron chi connectivity index (χ1n) is 8.24. The second-order valence-electron chi connectivity index (χ2n) is 6.00. The van der Waals surface area contributed by atoms with Crippen molar-refractivity contribution in [2.24, 2.45) is 0 Å². The lowest BCUT2D eigenvalue weighted by Crippen LogP contribution is -2.45. The molecule has 2 aliphatic heterocycles. The third-order valence-corrected chi connectivity index (χ3v) is 4.22. The van der Waals surface area contributed by atoms with Crippen LogP contribution in [0.1, 0.15) is 0 Å². The zero-order valence-corrected chi connectivity index (χ0v) is 14.6. The van der Waals surface area contributed by atoms with Gasteiger partial charge in [0, 0.05) is 12.8 Å². The highest BCUT2D eigenvalue weighted by Gasteiger charge is 2.49. The van der Waals surface area contributed by atoms with Gasteiger partial charge < -0.3 is 29.0 Å². The summed E-state index contributed by atoms with van der Waals surface area (Å²) in [6.45, 7) is 0.477. The molecule has 0 aromatic heterocycles. The summed E-state index contributed by atoms with van der Waals surface area (Å²) in [6.07, 6.45) is -1.90. The van der Waals surface area contributed by atoms with E-state index in [-0.39, 0.29) is 31.3 Å². The predicted octanol–water partition coefficient (Wildman–Crippen LogP) is 0.541. The number of amides is 2. The molecule has 1 aromatic carbocycles. The van der Waals surface area contributed by atoms with Crippen molar-refractivity contribution in [3.8, 4) is 5.75 Å². The number of methoxy groups -OCH3 is 2. The number of nitrogens with one attached hydrogen (secondary N) is 2. The Bertz CT molecular complexity index is 637. The quantitative estimate of drug-likeness (QED) is 0.757. The molecule has 0 radical (unpaired) electrons.